The Morgan fingerprint density at radius 1 is 1.16 bits per heavy atom. The number of carbonyl (C=O) groups excluding carboxylic acids is 1. The molecule has 110 valence electrons. The number of aliphatic carboxylic acids is 1. The van der Waals surface area contributed by atoms with Crippen molar-refractivity contribution in [3.8, 4) is 0 Å². The lowest BCUT2D eigenvalue weighted by atomic mass is 9.80. The van der Waals surface area contributed by atoms with Gasteiger partial charge in [-0.2, -0.15) is 0 Å². The van der Waals surface area contributed by atoms with Gasteiger partial charge in [0, 0.05) is 13.0 Å². The predicted octanol–water partition coefficient (Wildman–Crippen LogP) is 2.79. The molecule has 2 N–H and O–H groups in total. The van der Waals surface area contributed by atoms with E-state index in [1.165, 1.54) is 0 Å². The van der Waals surface area contributed by atoms with Crippen molar-refractivity contribution in [2.75, 3.05) is 6.54 Å². The molecule has 1 amide bonds. The molecule has 0 atom stereocenters. The van der Waals surface area contributed by atoms with E-state index in [0.717, 1.165) is 25.7 Å². The van der Waals surface area contributed by atoms with Crippen LogP contribution in [0.3, 0.4) is 0 Å². The maximum Gasteiger partial charge on any atom is 0.407 e. The minimum Gasteiger partial charge on any atom is -0.481 e. The molecule has 0 unspecified atom stereocenters. The maximum absolute atomic E-state index is 11.5. The molecule has 1 fully saturated rings. The fourth-order valence-corrected chi connectivity index (χ4v) is 2.43. The van der Waals surface area contributed by atoms with Crippen LogP contribution in [0.25, 0.3) is 0 Å². The topological polar surface area (TPSA) is 75.6 Å². The fraction of sp³-hybridized carbons (Fsp3) is 0.857. The molecule has 1 rings (SSSR count). The van der Waals surface area contributed by atoms with Gasteiger partial charge in [0.15, 0.2) is 0 Å². The van der Waals surface area contributed by atoms with Crippen molar-refractivity contribution in [3.63, 3.8) is 0 Å². The molecule has 5 nitrogen and oxygen atoms in total. The number of hydrogen-bond donors (Lipinski definition) is 2. The van der Waals surface area contributed by atoms with Crippen molar-refractivity contribution < 1.29 is 19.4 Å². The Labute approximate surface area is 114 Å². The molecular weight excluding hydrogens is 246 g/mol. The number of amides is 1. The van der Waals surface area contributed by atoms with E-state index < -0.39 is 11.6 Å². The van der Waals surface area contributed by atoms with Crippen LogP contribution in [-0.4, -0.2) is 29.3 Å². The lowest BCUT2D eigenvalue weighted by Gasteiger charge is -2.28. The molecule has 0 radical (unpaired) electrons. The van der Waals surface area contributed by atoms with Crippen molar-refractivity contribution in [3.05, 3.63) is 0 Å². The zero-order valence-electron chi connectivity index (χ0n) is 12.1. The molecule has 0 aliphatic heterocycles. The molecule has 0 saturated heterocycles. The number of ether oxygens (including phenoxy) is 1. The number of rotatable bonds is 4. The standard InChI is InChI=1S/C14H25NO4/c1-14(2,3)19-13(18)15-9-11-6-4-10(5-7-11)8-12(16)17/h10-11H,4-9H2,1-3H3,(H,15,18)(H,16,17)/t10-,11-. The van der Waals surface area contributed by atoms with E-state index in [0.29, 0.717) is 18.4 Å². The second-order valence-electron chi connectivity index (χ2n) is 6.37. The zero-order valence-corrected chi connectivity index (χ0v) is 12.1. The third-order valence-electron chi connectivity index (χ3n) is 3.36. The van der Waals surface area contributed by atoms with Gasteiger partial charge in [-0.25, -0.2) is 4.79 Å². The van der Waals surface area contributed by atoms with Crippen LogP contribution in [0.15, 0.2) is 0 Å². The van der Waals surface area contributed by atoms with Crippen LogP contribution in [0.4, 0.5) is 4.79 Å². The third kappa shape index (κ3) is 7.03. The third-order valence-corrected chi connectivity index (χ3v) is 3.36. The molecule has 1 aliphatic rings. The molecule has 0 heterocycles. The Morgan fingerprint density at radius 3 is 2.16 bits per heavy atom. The van der Waals surface area contributed by atoms with Crippen LogP contribution in [0.2, 0.25) is 0 Å². The number of nitrogens with one attached hydrogen (secondary N) is 1. The van der Waals surface area contributed by atoms with Gasteiger partial charge in [0.2, 0.25) is 0 Å². The first-order chi connectivity index (χ1) is 8.76. The van der Waals surface area contributed by atoms with Gasteiger partial charge in [0.25, 0.3) is 0 Å². The van der Waals surface area contributed by atoms with Gasteiger partial charge in [-0.05, 0) is 58.3 Å². The van der Waals surface area contributed by atoms with Crippen LogP contribution in [-0.2, 0) is 9.53 Å². The molecule has 1 aliphatic carbocycles. The molecule has 0 bridgehead atoms. The molecule has 0 aromatic carbocycles. The van der Waals surface area contributed by atoms with E-state index in [-0.39, 0.29) is 12.5 Å². The smallest absolute Gasteiger partial charge is 0.407 e. The highest BCUT2D eigenvalue weighted by Gasteiger charge is 2.24. The van der Waals surface area contributed by atoms with E-state index in [1.54, 1.807) is 0 Å². The Bertz CT molecular complexity index is 314. The summed E-state index contributed by atoms with van der Waals surface area (Å²) in [7, 11) is 0. The van der Waals surface area contributed by atoms with E-state index in [4.69, 9.17) is 9.84 Å². The Balaban J connectivity index is 2.19. The highest BCUT2D eigenvalue weighted by Crippen LogP contribution is 2.30. The number of alkyl carbamates (subject to hydrolysis) is 1. The lowest BCUT2D eigenvalue weighted by molar-refractivity contribution is -0.138. The van der Waals surface area contributed by atoms with E-state index in [1.807, 2.05) is 20.8 Å². The number of carboxylic acids is 1. The van der Waals surface area contributed by atoms with Crippen molar-refractivity contribution >= 4 is 12.1 Å². The molecular formula is C14H25NO4. The first-order valence-electron chi connectivity index (χ1n) is 6.95. The van der Waals surface area contributed by atoms with Crippen LogP contribution in [0.5, 0.6) is 0 Å². The van der Waals surface area contributed by atoms with Gasteiger partial charge in [0.1, 0.15) is 5.60 Å². The predicted molar refractivity (Wildman–Crippen MR) is 71.9 cm³/mol. The van der Waals surface area contributed by atoms with Crippen molar-refractivity contribution in [1.82, 2.24) is 5.32 Å². The average molecular weight is 271 g/mol. The minimum absolute atomic E-state index is 0.270. The van der Waals surface area contributed by atoms with Gasteiger partial charge in [-0.15, -0.1) is 0 Å². The highest BCUT2D eigenvalue weighted by atomic mass is 16.6. The van der Waals surface area contributed by atoms with Gasteiger partial charge in [-0.1, -0.05) is 0 Å². The van der Waals surface area contributed by atoms with Gasteiger partial charge in [-0.3, -0.25) is 4.79 Å². The summed E-state index contributed by atoms with van der Waals surface area (Å²) < 4.78 is 5.17. The summed E-state index contributed by atoms with van der Waals surface area (Å²) in [4.78, 5) is 22.1. The molecule has 1 saturated carbocycles. The van der Waals surface area contributed by atoms with Crippen molar-refractivity contribution in [2.24, 2.45) is 11.8 Å². The molecule has 0 spiro atoms. The average Bonchev–Trinajstić information content (AvgIpc) is 2.25. The SMILES string of the molecule is CC(C)(C)OC(=O)NC[C@H]1CC[C@H](CC(=O)O)CC1. The Kier molecular flexibility index (Phi) is 5.63. The zero-order chi connectivity index (χ0) is 14.5. The minimum atomic E-state index is -0.713. The highest BCUT2D eigenvalue weighted by molar-refractivity contribution is 5.67. The summed E-state index contributed by atoms with van der Waals surface area (Å²) in [6, 6.07) is 0. The first-order valence-corrected chi connectivity index (χ1v) is 6.95. The van der Waals surface area contributed by atoms with Gasteiger partial charge < -0.3 is 15.2 Å². The fourth-order valence-electron chi connectivity index (χ4n) is 2.43. The second-order valence-corrected chi connectivity index (χ2v) is 6.37. The van der Waals surface area contributed by atoms with Crippen LogP contribution >= 0.6 is 0 Å². The Hall–Kier alpha value is -1.26. The summed E-state index contributed by atoms with van der Waals surface area (Å²) in [5.41, 5.74) is -0.469. The van der Waals surface area contributed by atoms with Crippen molar-refractivity contribution in [1.29, 1.82) is 0 Å². The number of hydrogen-bond acceptors (Lipinski definition) is 3. The summed E-state index contributed by atoms with van der Waals surface area (Å²) in [5.74, 6) is 0.0307. The summed E-state index contributed by atoms with van der Waals surface area (Å²) in [6.45, 7) is 6.13. The van der Waals surface area contributed by atoms with Crippen molar-refractivity contribution in [2.45, 2.75) is 58.5 Å². The normalized spacial score (nSPS) is 23.7. The Morgan fingerprint density at radius 2 is 1.68 bits per heavy atom. The summed E-state index contributed by atoms with van der Waals surface area (Å²) >= 11 is 0. The molecule has 19 heavy (non-hydrogen) atoms. The first kappa shape index (κ1) is 15.8. The number of carboxylic acid groups (broad SMARTS) is 1. The van der Waals surface area contributed by atoms with Crippen LogP contribution in [0.1, 0.15) is 52.9 Å². The maximum atomic E-state index is 11.5. The summed E-state index contributed by atoms with van der Waals surface area (Å²) in [6.07, 6.45) is 3.73. The van der Waals surface area contributed by atoms with Crippen LogP contribution in [0, 0.1) is 11.8 Å². The molecule has 0 aromatic heterocycles. The number of carbonyl (C=O) groups is 2. The van der Waals surface area contributed by atoms with E-state index in [2.05, 4.69) is 5.32 Å². The molecule has 5 heteroatoms. The molecule has 0 aromatic rings. The van der Waals surface area contributed by atoms with E-state index in [9.17, 15) is 9.59 Å². The largest absolute Gasteiger partial charge is 0.481 e. The van der Waals surface area contributed by atoms with Gasteiger partial charge >= 0.3 is 12.1 Å². The summed E-state index contributed by atoms with van der Waals surface area (Å²) in [5, 5.41) is 11.5. The lowest BCUT2D eigenvalue weighted by Crippen LogP contribution is -2.36. The second kappa shape index (κ2) is 6.78. The van der Waals surface area contributed by atoms with E-state index >= 15 is 0 Å². The van der Waals surface area contributed by atoms with Gasteiger partial charge in [0.05, 0.1) is 0 Å². The monoisotopic (exact) mass is 271 g/mol. The quantitative estimate of drug-likeness (QED) is 0.824. The van der Waals surface area contributed by atoms with Crippen LogP contribution < -0.4 is 5.32 Å².